The molecular formula is C42H75Cl2P2Ru+. The van der Waals surface area contributed by atoms with E-state index in [1.54, 1.807) is 193 Å². The summed E-state index contributed by atoms with van der Waals surface area (Å²) in [5, 5.41) is 1.13. The summed E-state index contributed by atoms with van der Waals surface area (Å²) in [6.07, 6.45) is 48.3. The Morgan fingerprint density at radius 2 is 0.617 bits per heavy atom. The summed E-state index contributed by atoms with van der Waals surface area (Å²) in [7, 11) is 8.00. The van der Waals surface area contributed by atoms with Crippen molar-refractivity contribution in [3.8, 4) is 0 Å². The minimum Gasteiger partial charge on any atom is -0.241 e. The van der Waals surface area contributed by atoms with E-state index < -0.39 is 28.0 Å². The van der Waals surface area contributed by atoms with Crippen LogP contribution in [0.5, 0.6) is 0 Å². The minimum absolute atomic E-state index is 1.13. The smallest absolute Gasteiger partial charge is 0.0714 e. The second-order valence-corrected chi connectivity index (χ2v) is 32.2. The number of rotatable bonds is 9. The molecule has 0 aromatic rings. The largest absolute Gasteiger partial charge is 0.241 e. The molecule has 0 aromatic heterocycles. The maximum Gasteiger partial charge on any atom is 0.0714 e. The summed E-state index contributed by atoms with van der Waals surface area (Å²) in [5.74, 6) is 2.06. The van der Waals surface area contributed by atoms with Gasteiger partial charge in [0.25, 0.3) is 0 Å². The van der Waals surface area contributed by atoms with E-state index in [2.05, 4.69) is 30.6 Å². The van der Waals surface area contributed by atoms with Crippen molar-refractivity contribution in [1.82, 2.24) is 0 Å². The van der Waals surface area contributed by atoms with Gasteiger partial charge in [-0.1, -0.05) is 38.5 Å². The van der Waals surface area contributed by atoms with Crippen LogP contribution in [-0.4, -0.2) is 43.6 Å². The molecule has 274 valence electrons. The van der Waals surface area contributed by atoms with Crippen LogP contribution >= 0.6 is 33.9 Å². The Hall–Kier alpha value is 1.71. The third kappa shape index (κ3) is 9.27. The number of hydrogen-bond acceptors (Lipinski definition) is 0. The van der Waals surface area contributed by atoms with Crippen LogP contribution in [0.1, 0.15) is 206 Å². The van der Waals surface area contributed by atoms with Crippen molar-refractivity contribution >= 4 is 38.2 Å². The number of hydrogen-bond donors (Lipinski definition) is 0. The Bertz CT molecular complexity index is 785. The van der Waals surface area contributed by atoms with Crippen LogP contribution in [0.25, 0.3) is 0 Å². The zero-order valence-corrected chi connectivity index (χ0v) is 36.0. The molecule has 0 spiro atoms. The van der Waals surface area contributed by atoms with Crippen LogP contribution < -0.4 is 0 Å². The molecule has 0 N–H and O–H groups in total. The molecule has 6 aliphatic rings. The first-order valence-corrected chi connectivity index (χ1v) is 30.5. The summed E-state index contributed by atoms with van der Waals surface area (Å²) in [6, 6.07) is 0. The van der Waals surface area contributed by atoms with E-state index in [9.17, 15) is 0 Å². The van der Waals surface area contributed by atoms with Gasteiger partial charge in [-0.25, -0.2) is 5.92 Å². The Morgan fingerprint density at radius 1 is 0.447 bits per heavy atom. The SMILES string of the molecule is C=[C]=[Ru]([Cl])[Cl].C[C-](C)C([P+](C1CCCCC1)(C1CCCCC1)C1CCCCC1)[P+](C1CCCCC1)(C1CCCCC1)C1CCCCC1. The molecule has 6 rings (SSSR count). The quantitative estimate of drug-likeness (QED) is 0.124. The van der Waals surface area contributed by atoms with E-state index in [0.717, 1.165) is 39.4 Å². The predicted molar refractivity (Wildman–Crippen MR) is 216 cm³/mol. The standard InChI is InChI=1S/C40H73P2.C2H2.2ClH.Ru/c1-33(2)40(41(34-21-9-3-10-22-34,35-23-11-4-12-24-35)36-25-13-5-14-26-36)42(37-27-15-6-16-28-37,38-29-17-7-18-30-38)39-31-19-8-20-32-39;1-2;;;/h34-40H,3-32H2,1-2H3;1H2;2*1H;/q+1;;;;+2/p-2. The Morgan fingerprint density at radius 3 is 0.745 bits per heavy atom. The molecule has 0 atom stereocenters. The topological polar surface area (TPSA) is 0 Å². The summed E-state index contributed by atoms with van der Waals surface area (Å²) in [6.45, 7) is 8.84. The van der Waals surface area contributed by atoms with Gasteiger partial charge in [-0.15, -0.1) is 0 Å². The summed E-state index contributed by atoms with van der Waals surface area (Å²) >= 11 is -1.60. The third-order valence-corrected chi connectivity index (χ3v) is 32.1. The van der Waals surface area contributed by atoms with Crippen LogP contribution in [-0.2, 0) is 13.5 Å². The van der Waals surface area contributed by atoms with E-state index in [1.165, 1.54) is 0 Å². The van der Waals surface area contributed by atoms with Crippen molar-refractivity contribution in [3.05, 3.63) is 12.5 Å². The van der Waals surface area contributed by atoms with Gasteiger partial charge in [-0.2, -0.15) is 13.8 Å². The molecule has 0 aromatic carbocycles. The maximum atomic E-state index is 5.20. The molecule has 6 aliphatic carbocycles. The van der Waals surface area contributed by atoms with Crippen molar-refractivity contribution in [3.63, 3.8) is 0 Å². The number of halogens is 2. The van der Waals surface area contributed by atoms with Crippen LogP contribution in [0.2, 0.25) is 0 Å². The zero-order valence-electron chi connectivity index (χ0n) is 31.0. The summed E-state index contributed by atoms with van der Waals surface area (Å²) in [4.78, 5) is 0. The van der Waals surface area contributed by atoms with Crippen LogP contribution in [0.4, 0.5) is 0 Å². The summed E-state index contributed by atoms with van der Waals surface area (Å²) < 4.78 is 2.45. The first-order chi connectivity index (χ1) is 23.0. The monoisotopic (exact) mass is 813 g/mol. The van der Waals surface area contributed by atoms with Gasteiger partial charge in [0, 0.05) is 14.5 Å². The van der Waals surface area contributed by atoms with E-state index in [1.807, 2.05) is 0 Å². The fourth-order valence-corrected chi connectivity index (χ4v) is 34.9. The third-order valence-electron chi connectivity index (χ3n) is 14.7. The molecule has 0 nitrogen and oxygen atoms in total. The Labute approximate surface area is 308 Å². The van der Waals surface area contributed by atoms with E-state index in [-0.39, 0.29) is 0 Å². The van der Waals surface area contributed by atoms with E-state index in [0.29, 0.717) is 0 Å². The second-order valence-electron chi connectivity index (χ2n) is 17.3. The molecule has 6 fully saturated rings. The first kappa shape index (κ1) is 39.9. The van der Waals surface area contributed by atoms with Crippen molar-refractivity contribution in [2.75, 3.05) is 0 Å². The van der Waals surface area contributed by atoms with Crippen molar-refractivity contribution in [2.45, 2.75) is 246 Å². The Kier molecular flexibility index (Phi) is 17.2. The van der Waals surface area contributed by atoms with Gasteiger partial charge in [-0.05, 0) is 154 Å². The first-order valence-electron chi connectivity index (χ1n) is 21.1. The summed E-state index contributed by atoms with van der Waals surface area (Å²) in [5.41, 5.74) is 6.96. The second kappa shape index (κ2) is 20.2. The molecule has 0 amide bonds. The molecule has 0 heterocycles. The maximum absolute atomic E-state index is 5.20. The molecule has 0 radical (unpaired) electrons. The fraction of sp³-hybridized carbons (Fsp3) is 0.929. The van der Waals surface area contributed by atoms with Gasteiger partial charge >= 0.3 is 43.7 Å². The van der Waals surface area contributed by atoms with Gasteiger partial charge < -0.3 is 0 Å². The molecule has 5 heteroatoms. The van der Waals surface area contributed by atoms with Crippen molar-refractivity contribution in [2.24, 2.45) is 0 Å². The molecule has 0 saturated heterocycles. The normalized spacial score (nSPS) is 26.6. The van der Waals surface area contributed by atoms with Crippen molar-refractivity contribution < 1.29 is 13.5 Å². The van der Waals surface area contributed by atoms with Crippen LogP contribution in [0.15, 0.2) is 6.58 Å². The fourth-order valence-electron chi connectivity index (χ4n) is 13.4. The van der Waals surface area contributed by atoms with Gasteiger partial charge in [0.2, 0.25) is 0 Å². The molecule has 0 bridgehead atoms. The molecule has 0 aliphatic heterocycles. The molecule has 0 unspecified atom stereocenters. The minimum atomic E-state index is -1.60. The van der Waals surface area contributed by atoms with E-state index in [4.69, 9.17) is 19.4 Å². The van der Waals surface area contributed by atoms with E-state index >= 15 is 0 Å². The zero-order chi connectivity index (χ0) is 33.1. The van der Waals surface area contributed by atoms with Gasteiger partial charge in [-0.3, -0.25) is 0 Å². The van der Waals surface area contributed by atoms with Crippen LogP contribution in [0.3, 0.4) is 0 Å². The molecular weight excluding hydrogens is 738 g/mol. The van der Waals surface area contributed by atoms with Gasteiger partial charge in [0.15, 0.2) is 0 Å². The molecule has 6 saturated carbocycles. The average molecular weight is 814 g/mol. The predicted octanol–water partition coefficient (Wildman–Crippen LogP) is 15.5. The Balaban J connectivity index is 0.000000807. The average Bonchev–Trinajstić information content (AvgIpc) is 3.14. The van der Waals surface area contributed by atoms with Gasteiger partial charge in [0.1, 0.15) is 0 Å². The van der Waals surface area contributed by atoms with Gasteiger partial charge in [0.05, 0.1) is 39.4 Å². The van der Waals surface area contributed by atoms with Crippen molar-refractivity contribution in [1.29, 1.82) is 0 Å². The molecule has 47 heavy (non-hydrogen) atoms. The van der Waals surface area contributed by atoms with Crippen LogP contribution in [0, 0.1) is 5.92 Å².